The first-order valence-corrected chi connectivity index (χ1v) is 11.1. The number of likely N-dealkylation sites (tertiary alicyclic amines) is 1. The maximum absolute atomic E-state index is 13.1. The number of carbonyl (C=O) groups excluding carboxylic acids is 1. The molecular formula is C23H29F3N6O. The molecule has 33 heavy (non-hydrogen) atoms. The zero-order valence-electron chi connectivity index (χ0n) is 19.0. The Morgan fingerprint density at radius 2 is 1.91 bits per heavy atom. The summed E-state index contributed by atoms with van der Waals surface area (Å²) in [7, 11) is 1.94. The van der Waals surface area contributed by atoms with Crippen molar-refractivity contribution >= 4 is 12.0 Å². The first-order valence-electron chi connectivity index (χ1n) is 11.1. The molecular weight excluding hydrogens is 433 g/mol. The Labute approximate surface area is 191 Å². The largest absolute Gasteiger partial charge is 0.416 e. The van der Waals surface area contributed by atoms with Crippen LogP contribution in [0.2, 0.25) is 0 Å². The predicted octanol–water partition coefficient (Wildman–Crippen LogP) is 3.48. The van der Waals surface area contributed by atoms with E-state index in [1.807, 2.05) is 27.1 Å². The molecule has 0 aliphatic carbocycles. The van der Waals surface area contributed by atoms with Crippen LogP contribution in [0.5, 0.6) is 0 Å². The highest BCUT2D eigenvalue weighted by atomic mass is 19.4. The van der Waals surface area contributed by atoms with Gasteiger partial charge in [-0.3, -0.25) is 0 Å². The summed E-state index contributed by atoms with van der Waals surface area (Å²) in [5.74, 6) is 0.466. The Hall–Kier alpha value is -2.88. The molecule has 2 aliphatic heterocycles. The number of carbonyl (C=O) groups is 1. The Balaban J connectivity index is 1.44. The van der Waals surface area contributed by atoms with Gasteiger partial charge in [0.1, 0.15) is 0 Å². The van der Waals surface area contributed by atoms with E-state index >= 15 is 0 Å². The highest BCUT2D eigenvalue weighted by Gasteiger charge is 2.36. The summed E-state index contributed by atoms with van der Waals surface area (Å²) in [4.78, 5) is 25.8. The summed E-state index contributed by atoms with van der Waals surface area (Å²) >= 11 is 0. The zero-order valence-corrected chi connectivity index (χ0v) is 19.0. The van der Waals surface area contributed by atoms with E-state index in [4.69, 9.17) is 0 Å². The number of nitrogens with one attached hydrogen (secondary N) is 2. The van der Waals surface area contributed by atoms with Gasteiger partial charge in [-0.05, 0) is 50.6 Å². The molecule has 0 saturated carbocycles. The lowest BCUT2D eigenvalue weighted by Crippen LogP contribution is -2.49. The van der Waals surface area contributed by atoms with Crippen molar-refractivity contribution in [3.8, 4) is 0 Å². The van der Waals surface area contributed by atoms with E-state index in [1.165, 1.54) is 12.1 Å². The van der Waals surface area contributed by atoms with Crippen molar-refractivity contribution in [2.24, 2.45) is 0 Å². The maximum atomic E-state index is 13.1. The number of amides is 2. The highest BCUT2D eigenvalue weighted by molar-refractivity contribution is 5.75. The molecule has 1 aromatic carbocycles. The Morgan fingerprint density at radius 1 is 1.18 bits per heavy atom. The Morgan fingerprint density at radius 3 is 2.58 bits per heavy atom. The molecule has 0 bridgehead atoms. The normalized spacial score (nSPS) is 21.2. The number of nitrogens with zero attached hydrogens (tertiary/aromatic N) is 4. The number of halogens is 3. The summed E-state index contributed by atoms with van der Waals surface area (Å²) < 4.78 is 38.8. The monoisotopic (exact) mass is 462 g/mol. The number of likely N-dealkylation sites (N-methyl/N-ethyl adjacent to an activating group) is 1. The van der Waals surface area contributed by atoms with Gasteiger partial charge in [-0.25, -0.2) is 14.8 Å². The topological polar surface area (TPSA) is 73.4 Å². The number of hydrogen-bond acceptors (Lipinski definition) is 5. The summed E-state index contributed by atoms with van der Waals surface area (Å²) in [5.41, 5.74) is 1.99. The number of fused-ring (bicyclic) bond motifs is 1. The average molecular weight is 463 g/mol. The van der Waals surface area contributed by atoms with Crippen molar-refractivity contribution in [2.75, 3.05) is 32.0 Å². The third-order valence-electron chi connectivity index (χ3n) is 6.13. The Kier molecular flexibility index (Phi) is 6.47. The molecule has 2 aliphatic rings. The first-order chi connectivity index (χ1) is 15.6. The van der Waals surface area contributed by atoms with Gasteiger partial charge in [-0.1, -0.05) is 12.1 Å². The second-order valence-electron chi connectivity index (χ2n) is 9.14. The number of anilines is 1. The molecule has 4 rings (SSSR count). The molecule has 0 unspecified atom stereocenters. The van der Waals surface area contributed by atoms with Crippen LogP contribution in [-0.2, 0) is 19.1 Å². The van der Waals surface area contributed by atoms with Gasteiger partial charge < -0.3 is 20.4 Å². The fourth-order valence-corrected chi connectivity index (χ4v) is 4.46. The average Bonchev–Trinajstić information content (AvgIpc) is 3.12. The maximum Gasteiger partial charge on any atom is 0.416 e. The van der Waals surface area contributed by atoms with E-state index in [9.17, 15) is 18.0 Å². The lowest BCUT2D eigenvalue weighted by Gasteiger charge is -2.30. The third kappa shape index (κ3) is 5.38. The van der Waals surface area contributed by atoms with E-state index in [0.29, 0.717) is 38.5 Å². The van der Waals surface area contributed by atoms with Crippen LogP contribution in [-0.4, -0.2) is 64.6 Å². The van der Waals surface area contributed by atoms with E-state index in [2.05, 4.69) is 25.5 Å². The lowest BCUT2D eigenvalue weighted by molar-refractivity contribution is -0.137. The minimum atomic E-state index is -4.36. The van der Waals surface area contributed by atoms with Gasteiger partial charge in [0.2, 0.25) is 5.95 Å². The molecule has 3 heterocycles. The second kappa shape index (κ2) is 9.17. The number of aromatic nitrogens is 2. The molecule has 0 radical (unpaired) electrons. The molecule has 2 amide bonds. The van der Waals surface area contributed by atoms with Crippen LogP contribution in [0.3, 0.4) is 0 Å². The molecule has 0 spiro atoms. The SMILES string of the molecule is CC(C)Nc1ncc2c(n1)CN(C(=O)N[C@@H]1CN(C)C[C@H]1c1ccc(C(F)(F)F)cc1)CC2. The van der Waals surface area contributed by atoms with E-state index < -0.39 is 11.7 Å². The highest BCUT2D eigenvalue weighted by Crippen LogP contribution is 2.32. The van der Waals surface area contributed by atoms with E-state index in [1.54, 1.807) is 4.90 Å². The van der Waals surface area contributed by atoms with Crippen LogP contribution < -0.4 is 10.6 Å². The van der Waals surface area contributed by atoms with E-state index in [0.717, 1.165) is 29.0 Å². The van der Waals surface area contributed by atoms with Gasteiger partial charge in [0.25, 0.3) is 0 Å². The van der Waals surface area contributed by atoms with Crippen LogP contribution in [0.1, 0.15) is 42.1 Å². The third-order valence-corrected chi connectivity index (χ3v) is 6.13. The van der Waals surface area contributed by atoms with Crippen molar-refractivity contribution in [3.63, 3.8) is 0 Å². The predicted molar refractivity (Wildman–Crippen MR) is 119 cm³/mol. The van der Waals surface area contributed by atoms with Gasteiger partial charge in [-0.15, -0.1) is 0 Å². The summed E-state index contributed by atoms with van der Waals surface area (Å²) in [6.07, 6.45) is -1.87. The zero-order chi connectivity index (χ0) is 23.8. The van der Waals surface area contributed by atoms with E-state index in [-0.39, 0.29) is 24.0 Å². The molecule has 1 saturated heterocycles. The van der Waals surface area contributed by atoms with Gasteiger partial charge in [0.05, 0.1) is 23.8 Å². The van der Waals surface area contributed by atoms with Crippen molar-refractivity contribution in [1.29, 1.82) is 0 Å². The first kappa shape index (κ1) is 23.3. The summed E-state index contributed by atoms with van der Waals surface area (Å²) in [6, 6.07) is 5.07. The quantitative estimate of drug-likeness (QED) is 0.728. The van der Waals surface area contributed by atoms with Crippen LogP contribution in [0.25, 0.3) is 0 Å². The molecule has 2 atom stereocenters. The molecule has 10 heteroatoms. The molecule has 7 nitrogen and oxygen atoms in total. The van der Waals surface area contributed by atoms with Crippen molar-refractivity contribution < 1.29 is 18.0 Å². The minimum absolute atomic E-state index is 0.0810. The number of benzene rings is 1. The van der Waals surface area contributed by atoms with Gasteiger partial charge in [0.15, 0.2) is 0 Å². The van der Waals surface area contributed by atoms with Crippen molar-refractivity contribution in [2.45, 2.75) is 51.0 Å². The lowest BCUT2D eigenvalue weighted by atomic mass is 9.93. The number of alkyl halides is 3. The van der Waals surface area contributed by atoms with Gasteiger partial charge in [-0.2, -0.15) is 13.2 Å². The van der Waals surface area contributed by atoms with Crippen LogP contribution in [0.4, 0.5) is 23.9 Å². The van der Waals surface area contributed by atoms with Crippen molar-refractivity contribution in [1.82, 2.24) is 25.1 Å². The van der Waals surface area contributed by atoms with Crippen molar-refractivity contribution in [3.05, 3.63) is 52.8 Å². The van der Waals surface area contributed by atoms with Crippen LogP contribution >= 0.6 is 0 Å². The molecule has 1 fully saturated rings. The molecule has 178 valence electrons. The second-order valence-corrected chi connectivity index (χ2v) is 9.14. The van der Waals surface area contributed by atoms with Crippen LogP contribution in [0, 0.1) is 0 Å². The minimum Gasteiger partial charge on any atom is -0.352 e. The molecule has 2 N–H and O–H groups in total. The fraction of sp³-hybridized carbons (Fsp3) is 0.522. The number of urea groups is 1. The number of rotatable bonds is 4. The van der Waals surface area contributed by atoms with Gasteiger partial charge >= 0.3 is 12.2 Å². The van der Waals surface area contributed by atoms with Crippen LogP contribution in [0.15, 0.2) is 30.5 Å². The molecule has 2 aromatic rings. The smallest absolute Gasteiger partial charge is 0.352 e. The summed E-state index contributed by atoms with van der Waals surface area (Å²) in [5, 5.41) is 6.30. The molecule has 1 aromatic heterocycles. The Bertz CT molecular complexity index is 995. The summed E-state index contributed by atoms with van der Waals surface area (Å²) in [6.45, 7) is 6.27. The van der Waals surface area contributed by atoms with Gasteiger partial charge in [0, 0.05) is 37.8 Å². The standard InChI is InChI=1S/C23H29F3N6O/c1-14(2)28-21-27-10-16-8-9-32(13-19(16)29-21)22(33)30-20-12-31(3)11-18(20)15-4-6-17(7-5-15)23(24,25)26/h4-7,10,14,18,20H,8-9,11-13H2,1-3H3,(H,30,33)(H,27,28,29)/t18-,20+/m0/s1. The fourth-order valence-electron chi connectivity index (χ4n) is 4.46. The number of hydrogen-bond donors (Lipinski definition) is 2.